The Hall–Kier alpha value is -2.93. The Bertz CT molecular complexity index is 762. The molecule has 0 unspecified atom stereocenters. The third-order valence-electron chi connectivity index (χ3n) is 3.86. The van der Waals surface area contributed by atoms with Crippen LogP contribution in [0.1, 0.15) is 46.1 Å². The Morgan fingerprint density at radius 1 is 0.759 bits per heavy atom. The molecule has 0 aliphatic carbocycles. The van der Waals surface area contributed by atoms with Crippen LogP contribution in [-0.4, -0.2) is 12.8 Å². The number of unbranched alkanes of at least 4 members (excludes halogenated alkanes) is 1. The second-order valence-electron chi connectivity index (χ2n) is 5.92. The lowest BCUT2D eigenvalue weighted by Crippen LogP contribution is -1.94. The SMILES string of the molecule is C=C/C=C\C(=NC)c1ccccc1.CC.CCCC.c1ccc2ccccc2c1. The molecule has 0 spiro atoms. The molecule has 3 aromatic rings. The van der Waals surface area contributed by atoms with E-state index in [0.717, 1.165) is 11.3 Å². The highest BCUT2D eigenvalue weighted by Gasteiger charge is 1.94. The molecule has 0 N–H and O–H groups in total. The summed E-state index contributed by atoms with van der Waals surface area (Å²) in [7, 11) is 1.79. The fourth-order valence-corrected chi connectivity index (χ4v) is 2.20. The highest BCUT2D eigenvalue weighted by molar-refractivity contribution is 6.08. The van der Waals surface area contributed by atoms with E-state index in [-0.39, 0.29) is 0 Å². The molecule has 0 fully saturated rings. The van der Waals surface area contributed by atoms with E-state index < -0.39 is 0 Å². The van der Waals surface area contributed by atoms with Gasteiger partial charge in [0, 0.05) is 7.05 Å². The van der Waals surface area contributed by atoms with E-state index in [1.54, 1.807) is 13.1 Å². The van der Waals surface area contributed by atoms with Gasteiger partial charge in [0.1, 0.15) is 0 Å². The molecule has 0 atom stereocenters. The van der Waals surface area contributed by atoms with Crippen LogP contribution in [0.25, 0.3) is 10.8 Å². The van der Waals surface area contributed by atoms with E-state index in [2.05, 4.69) is 73.9 Å². The number of aliphatic imine (C=N–C) groups is 1. The van der Waals surface area contributed by atoms with Crippen molar-refractivity contribution in [2.75, 3.05) is 7.05 Å². The fourth-order valence-electron chi connectivity index (χ4n) is 2.20. The van der Waals surface area contributed by atoms with Crippen LogP contribution in [0.2, 0.25) is 0 Å². The molecule has 0 saturated heterocycles. The lowest BCUT2D eigenvalue weighted by atomic mass is 10.1. The summed E-state index contributed by atoms with van der Waals surface area (Å²) in [5, 5.41) is 2.62. The normalized spacial score (nSPS) is 10.0. The molecule has 3 rings (SSSR count). The quantitative estimate of drug-likeness (QED) is 0.314. The number of benzene rings is 3. The number of allylic oxidation sites excluding steroid dienone is 3. The summed E-state index contributed by atoms with van der Waals surface area (Å²) < 4.78 is 0. The molecule has 0 aliphatic heterocycles. The highest BCUT2D eigenvalue weighted by Crippen LogP contribution is 2.11. The van der Waals surface area contributed by atoms with Gasteiger partial charge in [-0.05, 0) is 22.4 Å². The maximum absolute atomic E-state index is 4.18. The van der Waals surface area contributed by atoms with Crippen LogP contribution in [0.4, 0.5) is 0 Å². The van der Waals surface area contributed by atoms with Gasteiger partial charge in [-0.25, -0.2) is 0 Å². The molecule has 1 nitrogen and oxygen atoms in total. The van der Waals surface area contributed by atoms with E-state index >= 15 is 0 Å². The van der Waals surface area contributed by atoms with Crippen molar-refractivity contribution in [3.63, 3.8) is 0 Å². The molecule has 1 heteroatoms. The Balaban J connectivity index is 0.000000434. The average Bonchev–Trinajstić information content (AvgIpc) is 2.82. The molecular formula is C28H37N. The molecule has 154 valence electrons. The summed E-state index contributed by atoms with van der Waals surface area (Å²) in [6.07, 6.45) is 8.21. The third-order valence-corrected chi connectivity index (χ3v) is 3.86. The predicted octanol–water partition coefficient (Wildman–Crippen LogP) is 8.52. The first-order chi connectivity index (χ1) is 14.3. The summed E-state index contributed by atoms with van der Waals surface area (Å²) >= 11 is 0. The van der Waals surface area contributed by atoms with Crippen molar-refractivity contribution in [1.82, 2.24) is 0 Å². The minimum absolute atomic E-state index is 0.973. The zero-order chi connectivity index (χ0) is 21.7. The van der Waals surface area contributed by atoms with Gasteiger partial charge in [-0.2, -0.15) is 0 Å². The molecular weight excluding hydrogens is 350 g/mol. The van der Waals surface area contributed by atoms with Gasteiger partial charge < -0.3 is 0 Å². The number of hydrogen-bond acceptors (Lipinski definition) is 1. The fraction of sp³-hybridized carbons (Fsp3) is 0.250. The summed E-state index contributed by atoms with van der Waals surface area (Å²) in [6.45, 7) is 12.0. The summed E-state index contributed by atoms with van der Waals surface area (Å²) in [4.78, 5) is 4.18. The van der Waals surface area contributed by atoms with E-state index in [1.807, 2.05) is 56.3 Å². The first-order valence-corrected chi connectivity index (χ1v) is 10.5. The maximum atomic E-state index is 4.18. The van der Waals surface area contributed by atoms with Crippen LogP contribution in [0, 0.1) is 0 Å². The van der Waals surface area contributed by atoms with Gasteiger partial charge in [0.15, 0.2) is 0 Å². The van der Waals surface area contributed by atoms with Crippen LogP contribution in [0.3, 0.4) is 0 Å². The molecule has 0 aliphatic rings. The van der Waals surface area contributed by atoms with Gasteiger partial charge in [0.25, 0.3) is 0 Å². The first-order valence-electron chi connectivity index (χ1n) is 10.5. The maximum Gasteiger partial charge on any atom is 0.0643 e. The monoisotopic (exact) mass is 387 g/mol. The zero-order valence-electron chi connectivity index (χ0n) is 18.8. The summed E-state index contributed by atoms with van der Waals surface area (Å²) in [6, 6.07) is 26.8. The minimum atomic E-state index is 0.973. The molecule has 29 heavy (non-hydrogen) atoms. The Labute approximate surface area is 178 Å². The number of hydrogen-bond donors (Lipinski definition) is 0. The van der Waals surface area contributed by atoms with Gasteiger partial charge in [0.2, 0.25) is 0 Å². The van der Waals surface area contributed by atoms with Crippen molar-refractivity contribution >= 4 is 16.5 Å². The summed E-state index contributed by atoms with van der Waals surface area (Å²) in [5.74, 6) is 0. The number of fused-ring (bicyclic) bond motifs is 1. The van der Waals surface area contributed by atoms with E-state index in [1.165, 1.54) is 23.6 Å². The molecule has 0 amide bonds. The molecule has 0 saturated carbocycles. The third kappa shape index (κ3) is 11.5. The molecule has 0 bridgehead atoms. The van der Waals surface area contributed by atoms with Gasteiger partial charge in [-0.3, -0.25) is 4.99 Å². The topological polar surface area (TPSA) is 12.4 Å². The molecule has 0 radical (unpaired) electrons. The zero-order valence-corrected chi connectivity index (χ0v) is 18.8. The molecule has 3 aromatic carbocycles. The van der Waals surface area contributed by atoms with E-state index in [4.69, 9.17) is 0 Å². The second-order valence-corrected chi connectivity index (χ2v) is 5.92. The Morgan fingerprint density at radius 3 is 1.52 bits per heavy atom. The molecule has 0 aromatic heterocycles. The van der Waals surface area contributed by atoms with Gasteiger partial charge in [0.05, 0.1) is 5.71 Å². The van der Waals surface area contributed by atoms with Crippen molar-refractivity contribution in [3.8, 4) is 0 Å². The van der Waals surface area contributed by atoms with Crippen LogP contribution in [0.15, 0.2) is 109 Å². The second kappa shape index (κ2) is 18.4. The first kappa shape index (κ1) is 26.1. The van der Waals surface area contributed by atoms with Crippen molar-refractivity contribution in [2.24, 2.45) is 4.99 Å². The highest BCUT2D eigenvalue weighted by atomic mass is 14.7. The van der Waals surface area contributed by atoms with Crippen LogP contribution in [0.5, 0.6) is 0 Å². The van der Waals surface area contributed by atoms with Crippen molar-refractivity contribution in [3.05, 3.63) is 109 Å². The van der Waals surface area contributed by atoms with Crippen molar-refractivity contribution < 1.29 is 0 Å². The Morgan fingerprint density at radius 2 is 1.17 bits per heavy atom. The number of nitrogens with zero attached hydrogens (tertiary/aromatic N) is 1. The summed E-state index contributed by atoms with van der Waals surface area (Å²) in [5.41, 5.74) is 2.10. The Kier molecular flexibility index (Phi) is 16.6. The van der Waals surface area contributed by atoms with Crippen molar-refractivity contribution in [1.29, 1.82) is 0 Å². The van der Waals surface area contributed by atoms with Crippen molar-refractivity contribution in [2.45, 2.75) is 40.5 Å². The average molecular weight is 388 g/mol. The van der Waals surface area contributed by atoms with Gasteiger partial charge in [-0.1, -0.05) is 138 Å². The van der Waals surface area contributed by atoms with Crippen LogP contribution in [-0.2, 0) is 0 Å². The lowest BCUT2D eigenvalue weighted by molar-refractivity contribution is 0.886. The standard InChI is InChI=1S/C12H13N.C10H8.C4H10.C2H6/c1-3-4-10-12(13-2)11-8-6-5-7-9-11;1-2-6-10-8-4-3-7-9(10)5-1;1-3-4-2;1-2/h3-10H,1H2,2H3;1-8H;3-4H2,1-2H3;1-2H3/b10-4-,13-12?;;;. The van der Waals surface area contributed by atoms with Gasteiger partial charge in [-0.15, -0.1) is 0 Å². The largest absolute Gasteiger partial charge is 0.288 e. The van der Waals surface area contributed by atoms with Gasteiger partial charge >= 0.3 is 0 Å². The van der Waals surface area contributed by atoms with E-state index in [0.29, 0.717) is 0 Å². The smallest absolute Gasteiger partial charge is 0.0643 e. The number of rotatable bonds is 4. The lowest BCUT2D eigenvalue weighted by Gasteiger charge is -1.98. The minimum Gasteiger partial charge on any atom is -0.288 e. The van der Waals surface area contributed by atoms with Crippen LogP contribution >= 0.6 is 0 Å². The molecule has 0 heterocycles. The van der Waals surface area contributed by atoms with Crippen LogP contribution < -0.4 is 0 Å². The predicted molar refractivity (Wildman–Crippen MR) is 134 cm³/mol. The van der Waals surface area contributed by atoms with E-state index in [9.17, 15) is 0 Å².